The van der Waals surface area contributed by atoms with Crippen LogP contribution in [-0.2, 0) is 14.3 Å². The first-order chi connectivity index (χ1) is 7.13. The van der Waals surface area contributed by atoms with Crippen molar-refractivity contribution in [2.45, 2.75) is 58.1 Å². The van der Waals surface area contributed by atoms with Crippen molar-refractivity contribution in [1.82, 2.24) is 0 Å². The molecule has 3 N–H and O–H groups in total. The van der Waals surface area contributed by atoms with Gasteiger partial charge in [0, 0.05) is 0 Å². The minimum Gasteiger partial charge on any atom is -0.479 e. The summed E-state index contributed by atoms with van der Waals surface area (Å²) in [5.74, 6) is -2.21. The van der Waals surface area contributed by atoms with Crippen LogP contribution < -0.4 is 5.73 Å². The van der Waals surface area contributed by atoms with Gasteiger partial charge in [0.05, 0.1) is 0 Å². The second-order valence-corrected chi connectivity index (χ2v) is 4.88. The Morgan fingerprint density at radius 1 is 1.29 bits per heavy atom. The van der Waals surface area contributed by atoms with Gasteiger partial charge in [-0.25, -0.2) is 9.59 Å². The maximum atomic E-state index is 11.7. The highest BCUT2D eigenvalue weighted by molar-refractivity contribution is 6.03. The molecule has 0 saturated heterocycles. The zero-order valence-corrected chi connectivity index (χ0v) is 11.6. The second kappa shape index (κ2) is 6.81. The zero-order chi connectivity index (χ0) is 13.0. The van der Waals surface area contributed by atoms with Crippen LogP contribution in [0.2, 0.25) is 0 Å². The van der Waals surface area contributed by atoms with E-state index in [2.05, 4.69) is 0 Å². The summed E-state index contributed by atoms with van der Waals surface area (Å²) < 4.78 is 5.02. The van der Waals surface area contributed by atoms with E-state index in [-0.39, 0.29) is 18.8 Å². The molecule has 0 aromatic carbocycles. The quantitative estimate of drug-likeness (QED) is 0.585. The molecule has 0 heterocycles. The number of nitrogens with two attached hydrogens (primary N) is 1. The molecule has 0 saturated carbocycles. The van der Waals surface area contributed by atoms with E-state index in [1.54, 1.807) is 20.8 Å². The van der Waals surface area contributed by atoms with Crippen LogP contribution in [0.4, 0.5) is 0 Å². The van der Waals surface area contributed by atoms with E-state index in [1.165, 1.54) is 0 Å². The van der Waals surface area contributed by atoms with Crippen LogP contribution in [0.5, 0.6) is 0 Å². The molecule has 0 amide bonds. The van der Waals surface area contributed by atoms with E-state index in [0.717, 1.165) is 6.42 Å². The van der Waals surface area contributed by atoms with E-state index in [4.69, 9.17) is 15.6 Å². The van der Waals surface area contributed by atoms with Crippen molar-refractivity contribution in [2.75, 3.05) is 0 Å². The topological polar surface area (TPSA) is 89.6 Å². The molecule has 0 aliphatic carbocycles. The number of carbonyl (C=O) groups is 2. The number of halogens is 1. The number of aliphatic carboxylic acids is 1. The summed E-state index contributed by atoms with van der Waals surface area (Å²) in [5.41, 5.74) is 2.94. The van der Waals surface area contributed by atoms with Crippen LogP contribution in [0.25, 0.3) is 0 Å². The van der Waals surface area contributed by atoms with Crippen LogP contribution in [0.1, 0.15) is 47.0 Å². The maximum absolute atomic E-state index is 11.7. The standard InChI is InChI=1S/C11H21NO4.ClH/c1-5-6-7-11(12,8(13)14)9(15)16-10(2,3)4;/h5-7,12H2,1-4H3,(H,13,14);1H. The summed E-state index contributed by atoms with van der Waals surface area (Å²) in [6.07, 6.45) is 1.44. The minimum absolute atomic E-state index is 0. The van der Waals surface area contributed by atoms with Gasteiger partial charge in [-0.1, -0.05) is 19.8 Å². The monoisotopic (exact) mass is 267 g/mol. The Morgan fingerprint density at radius 2 is 1.76 bits per heavy atom. The van der Waals surface area contributed by atoms with Gasteiger partial charge < -0.3 is 15.6 Å². The van der Waals surface area contributed by atoms with Gasteiger partial charge in [-0.2, -0.15) is 0 Å². The fourth-order valence-corrected chi connectivity index (χ4v) is 1.12. The summed E-state index contributed by atoms with van der Waals surface area (Å²) in [5, 5.41) is 9.00. The summed E-state index contributed by atoms with van der Waals surface area (Å²) >= 11 is 0. The molecule has 1 atom stereocenters. The molecule has 0 rings (SSSR count). The molecule has 0 aromatic rings. The first-order valence-electron chi connectivity index (χ1n) is 5.39. The Balaban J connectivity index is 0. The number of ether oxygens (including phenoxy) is 1. The van der Waals surface area contributed by atoms with Crippen molar-refractivity contribution in [1.29, 1.82) is 0 Å². The van der Waals surface area contributed by atoms with E-state index in [1.807, 2.05) is 6.92 Å². The van der Waals surface area contributed by atoms with Gasteiger partial charge in [0.25, 0.3) is 0 Å². The minimum atomic E-state index is -1.93. The lowest BCUT2D eigenvalue weighted by atomic mass is 9.94. The average molecular weight is 268 g/mol. The highest BCUT2D eigenvalue weighted by atomic mass is 35.5. The predicted octanol–water partition coefficient (Wildman–Crippen LogP) is 1.72. The molecule has 0 radical (unpaired) electrons. The molecule has 0 aliphatic rings. The molecule has 0 spiro atoms. The third-order valence-corrected chi connectivity index (χ3v) is 2.07. The zero-order valence-electron chi connectivity index (χ0n) is 10.8. The van der Waals surface area contributed by atoms with Gasteiger partial charge >= 0.3 is 11.9 Å². The smallest absolute Gasteiger partial charge is 0.338 e. The fourth-order valence-electron chi connectivity index (χ4n) is 1.12. The van der Waals surface area contributed by atoms with Gasteiger partial charge in [-0.05, 0) is 27.2 Å². The van der Waals surface area contributed by atoms with Gasteiger partial charge in [0.15, 0.2) is 0 Å². The lowest BCUT2D eigenvalue weighted by molar-refractivity contribution is -0.169. The first-order valence-corrected chi connectivity index (χ1v) is 5.39. The number of hydrogen-bond acceptors (Lipinski definition) is 4. The third kappa shape index (κ3) is 5.89. The molecule has 0 aromatic heterocycles. The Kier molecular flexibility index (Phi) is 7.43. The van der Waals surface area contributed by atoms with Crippen LogP contribution >= 0.6 is 12.4 Å². The van der Waals surface area contributed by atoms with E-state index in [0.29, 0.717) is 6.42 Å². The number of carboxylic acids is 1. The largest absolute Gasteiger partial charge is 0.479 e. The maximum Gasteiger partial charge on any atom is 0.338 e. The number of esters is 1. The molecule has 5 nitrogen and oxygen atoms in total. The summed E-state index contributed by atoms with van der Waals surface area (Å²) in [4.78, 5) is 22.7. The Hall–Kier alpha value is -0.810. The molecular weight excluding hydrogens is 246 g/mol. The van der Waals surface area contributed by atoms with Crippen molar-refractivity contribution in [3.63, 3.8) is 0 Å². The molecule has 1 unspecified atom stereocenters. The molecule has 0 aliphatic heterocycles. The van der Waals surface area contributed by atoms with Crippen molar-refractivity contribution < 1.29 is 19.4 Å². The Labute approximate surface area is 108 Å². The first kappa shape index (κ1) is 18.6. The molecule has 0 bridgehead atoms. The predicted molar refractivity (Wildman–Crippen MR) is 67.2 cm³/mol. The van der Waals surface area contributed by atoms with Crippen LogP contribution in [0, 0.1) is 0 Å². The molecule has 102 valence electrons. The highest BCUT2D eigenvalue weighted by Crippen LogP contribution is 2.18. The van der Waals surface area contributed by atoms with Gasteiger partial charge in [-0.3, -0.25) is 0 Å². The van der Waals surface area contributed by atoms with Gasteiger partial charge in [-0.15, -0.1) is 12.4 Å². The summed E-state index contributed by atoms with van der Waals surface area (Å²) in [6.45, 7) is 6.92. The molecular formula is C11H22ClNO4. The van der Waals surface area contributed by atoms with Crippen molar-refractivity contribution in [2.24, 2.45) is 5.73 Å². The van der Waals surface area contributed by atoms with Crippen molar-refractivity contribution >= 4 is 24.3 Å². The highest BCUT2D eigenvalue weighted by Gasteiger charge is 2.44. The SMILES string of the molecule is CCCCC(N)(C(=O)O)C(=O)OC(C)(C)C.Cl. The summed E-state index contributed by atoms with van der Waals surface area (Å²) in [6, 6.07) is 0. The van der Waals surface area contributed by atoms with E-state index >= 15 is 0 Å². The van der Waals surface area contributed by atoms with Gasteiger partial charge in [0.2, 0.25) is 5.54 Å². The number of rotatable bonds is 5. The van der Waals surface area contributed by atoms with Crippen LogP contribution in [0.3, 0.4) is 0 Å². The fraction of sp³-hybridized carbons (Fsp3) is 0.818. The average Bonchev–Trinajstić information content (AvgIpc) is 2.10. The van der Waals surface area contributed by atoms with Crippen molar-refractivity contribution in [3.8, 4) is 0 Å². The van der Waals surface area contributed by atoms with Crippen LogP contribution in [-0.4, -0.2) is 28.2 Å². The van der Waals surface area contributed by atoms with E-state index < -0.39 is 23.1 Å². The number of carbonyl (C=O) groups excluding carboxylic acids is 1. The van der Waals surface area contributed by atoms with Crippen molar-refractivity contribution in [3.05, 3.63) is 0 Å². The van der Waals surface area contributed by atoms with Crippen LogP contribution in [0.15, 0.2) is 0 Å². The normalized spacial score (nSPS) is 14.4. The lowest BCUT2D eigenvalue weighted by Crippen LogP contribution is -2.57. The molecule has 17 heavy (non-hydrogen) atoms. The van der Waals surface area contributed by atoms with Gasteiger partial charge in [0.1, 0.15) is 5.60 Å². The Morgan fingerprint density at radius 3 is 2.06 bits per heavy atom. The van der Waals surface area contributed by atoms with E-state index in [9.17, 15) is 9.59 Å². The molecule has 0 fully saturated rings. The lowest BCUT2D eigenvalue weighted by Gasteiger charge is -2.28. The second-order valence-electron chi connectivity index (χ2n) is 4.88. The number of hydrogen-bond donors (Lipinski definition) is 2. The number of unbranched alkanes of at least 4 members (excludes halogenated alkanes) is 1. The summed E-state index contributed by atoms with van der Waals surface area (Å²) in [7, 11) is 0. The number of carboxylic acid groups (broad SMARTS) is 1. The Bertz CT molecular complexity index is 275. The third-order valence-electron chi connectivity index (χ3n) is 2.07. The molecule has 6 heteroatoms.